The van der Waals surface area contributed by atoms with Crippen LogP contribution in [0.25, 0.3) is 0 Å². The maximum absolute atomic E-state index is 12.0. The molecule has 24 heavy (non-hydrogen) atoms. The standard InChI is InChI=1S/C17H22N2O5/c1-11-5-3-8-15(12(11)2)18-16(20)10-24-17(21)13-6-4-7-14(9-13)19(22)23/h4,6-7,9,11-12,15H,3,5,8,10H2,1-2H3,(H,18,20)/t11-,12-,15+/m1/s1. The minimum Gasteiger partial charge on any atom is -0.452 e. The van der Waals surface area contributed by atoms with E-state index in [0.717, 1.165) is 25.3 Å². The molecule has 130 valence electrons. The molecule has 0 saturated heterocycles. The number of nitro groups is 1. The number of nitro benzene ring substituents is 1. The molecule has 1 fully saturated rings. The first-order valence-corrected chi connectivity index (χ1v) is 8.09. The van der Waals surface area contributed by atoms with Crippen molar-refractivity contribution in [3.05, 3.63) is 39.9 Å². The van der Waals surface area contributed by atoms with Gasteiger partial charge in [0.05, 0.1) is 10.5 Å². The maximum Gasteiger partial charge on any atom is 0.338 e. The summed E-state index contributed by atoms with van der Waals surface area (Å²) in [5.74, 6) is -0.162. The summed E-state index contributed by atoms with van der Waals surface area (Å²) < 4.78 is 4.95. The van der Waals surface area contributed by atoms with Crippen molar-refractivity contribution < 1.29 is 19.2 Å². The Morgan fingerprint density at radius 2 is 2.08 bits per heavy atom. The molecule has 0 radical (unpaired) electrons. The highest BCUT2D eigenvalue weighted by atomic mass is 16.6. The molecule has 0 spiro atoms. The van der Waals surface area contributed by atoms with Gasteiger partial charge < -0.3 is 10.1 Å². The average Bonchev–Trinajstić information content (AvgIpc) is 2.57. The van der Waals surface area contributed by atoms with Crippen molar-refractivity contribution in [1.29, 1.82) is 0 Å². The molecule has 0 bridgehead atoms. The van der Waals surface area contributed by atoms with Gasteiger partial charge in [0.1, 0.15) is 0 Å². The van der Waals surface area contributed by atoms with Crippen molar-refractivity contribution in [3.8, 4) is 0 Å². The number of benzene rings is 1. The van der Waals surface area contributed by atoms with Gasteiger partial charge in [0.2, 0.25) is 0 Å². The summed E-state index contributed by atoms with van der Waals surface area (Å²) in [5, 5.41) is 13.6. The number of amides is 1. The molecular weight excluding hydrogens is 312 g/mol. The van der Waals surface area contributed by atoms with E-state index in [4.69, 9.17) is 4.74 Å². The lowest BCUT2D eigenvalue weighted by molar-refractivity contribution is -0.384. The van der Waals surface area contributed by atoms with E-state index in [9.17, 15) is 19.7 Å². The molecule has 1 N–H and O–H groups in total. The predicted octanol–water partition coefficient (Wildman–Crippen LogP) is 2.69. The van der Waals surface area contributed by atoms with Crippen LogP contribution >= 0.6 is 0 Å². The number of hydrogen-bond donors (Lipinski definition) is 1. The van der Waals surface area contributed by atoms with Gasteiger partial charge in [0, 0.05) is 18.2 Å². The molecular formula is C17H22N2O5. The monoisotopic (exact) mass is 334 g/mol. The second-order valence-electron chi connectivity index (χ2n) is 6.32. The van der Waals surface area contributed by atoms with Crippen molar-refractivity contribution in [1.82, 2.24) is 5.32 Å². The molecule has 0 heterocycles. The highest BCUT2D eigenvalue weighted by Gasteiger charge is 2.28. The minimum atomic E-state index is -0.751. The zero-order valence-corrected chi connectivity index (χ0v) is 13.9. The second kappa shape index (κ2) is 7.90. The SMILES string of the molecule is C[C@@H]1[C@H](C)CCC[C@@H]1NC(=O)COC(=O)c1cccc([N+](=O)[O-])c1. The summed E-state index contributed by atoms with van der Waals surface area (Å²) in [5.41, 5.74) is -0.143. The van der Waals surface area contributed by atoms with Crippen LogP contribution in [0.2, 0.25) is 0 Å². The Morgan fingerprint density at radius 3 is 2.79 bits per heavy atom. The highest BCUT2D eigenvalue weighted by Crippen LogP contribution is 2.29. The Labute approximate surface area is 140 Å². The van der Waals surface area contributed by atoms with Gasteiger partial charge >= 0.3 is 5.97 Å². The number of rotatable bonds is 5. The average molecular weight is 334 g/mol. The smallest absolute Gasteiger partial charge is 0.338 e. The van der Waals surface area contributed by atoms with E-state index >= 15 is 0 Å². The summed E-state index contributed by atoms with van der Waals surface area (Å²) in [6.07, 6.45) is 3.16. The molecule has 1 saturated carbocycles. The maximum atomic E-state index is 12.0. The Balaban J connectivity index is 1.86. The first-order valence-electron chi connectivity index (χ1n) is 8.09. The molecule has 3 atom stereocenters. The van der Waals surface area contributed by atoms with Crippen LogP contribution < -0.4 is 5.32 Å². The number of esters is 1. The Morgan fingerprint density at radius 1 is 1.33 bits per heavy atom. The molecule has 0 unspecified atom stereocenters. The molecule has 1 aliphatic rings. The summed E-state index contributed by atoms with van der Waals surface area (Å²) in [4.78, 5) is 34.0. The zero-order chi connectivity index (χ0) is 17.7. The lowest BCUT2D eigenvalue weighted by atomic mass is 9.78. The van der Waals surface area contributed by atoms with E-state index in [0.29, 0.717) is 11.8 Å². The Kier molecular flexibility index (Phi) is 5.89. The zero-order valence-electron chi connectivity index (χ0n) is 13.9. The molecule has 7 heteroatoms. The van der Waals surface area contributed by atoms with Crippen LogP contribution in [0.4, 0.5) is 5.69 Å². The fourth-order valence-electron chi connectivity index (χ4n) is 3.00. The van der Waals surface area contributed by atoms with E-state index in [1.54, 1.807) is 0 Å². The summed E-state index contributed by atoms with van der Waals surface area (Å²) >= 11 is 0. The molecule has 1 aromatic rings. The van der Waals surface area contributed by atoms with Gasteiger partial charge in [-0.25, -0.2) is 4.79 Å². The number of hydrogen-bond acceptors (Lipinski definition) is 5. The van der Waals surface area contributed by atoms with E-state index in [-0.39, 0.29) is 29.8 Å². The quantitative estimate of drug-likeness (QED) is 0.507. The van der Waals surface area contributed by atoms with Gasteiger partial charge in [0.25, 0.3) is 11.6 Å². The number of non-ortho nitro benzene ring substituents is 1. The first kappa shape index (κ1) is 17.9. The topological polar surface area (TPSA) is 98.5 Å². The lowest BCUT2D eigenvalue weighted by Gasteiger charge is -2.34. The first-order chi connectivity index (χ1) is 11.4. The van der Waals surface area contributed by atoms with Crippen molar-refractivity contribution in [2.24, 2.45) is 11.8 Å². The van der Waals surface area contributed by atoms with Crippen molar-refractivity contribution in [3.63, 3.8) is 0 Å². The number of carbonyl (C=O) groups is 2. The molecule has 2 rings (SSSR count). The van der Waals surface area contributed by atoms with Gasteiger partial charge in [-0.15, -0.1) is 0 Å². The van der Waals surface area contributed by atoms with Crippen molar-refractivity contribution >= 4 is 17.6 Å². The van der Waals surface area contributed by atoms with Crippen LogP contribution in [0.15, 0.2) is 24.3 Å². The number of nitrogens with zero attached hydrogens (tertiary/aromatic N) is 1. The predicted molar refractivity (Wildman–Crippen MR) is 87.5 cm³/mol. The Bertz CT molecular complexity index is 631. The number of nitrogens with one attached hydrogen (secondary N) is 1. The van der Waals surface area contributed by atoms with Crippen molar-refractivity contribution in [2.75, 3.05) is 6.61 Å². The fourth-order valence-corrected chi connectivity index (χ4v) is 3.00. The van der Waals surface area contributed by atoms with E-state index in [1.807, 2.05) is 0 Å². The summed E-state index contributed by atoms with van der Waals surface area (Å²) in [6, 6.07) is 5.33. The van der Waals surface area contributed by atoms with Crippen LogP contribution in [-0.4, -0.2) is 29.4 Å². The molecule has 0 aromatic heterocycles. The largest absolute Gasteiger partial charge is 0.452 e. The third-order valence-electron chi connectivity index (χ3n) is 4.68. The summed E-state index contributed by atoms with van der Waals surface area (Å²) in [7, 11) is 0. The van der Waals surface area contributed by atoms with Gasteiger partial charge in [-0.3, -0.25) is 14.9 Å². The molecule has 1 amide bonds. The van der Waals surface area contributed by atoms with Crippen LogP contribution in [-0.2, 0) is 9.53 Å². The van der Waals surface area contributed by atoms with E-state index in [1.165, 1.54) is 18.2 Å². The number of carbonyl (C=O) groups excluding carboxylic acids is 2. The van der Waals surface area contributed by atoms with Gasteiger partial charge in [-0.2, -0.15) is 0 Å². The molecule has 1 aromatic carbocycles. The molecule has 1 aliphatic carbocycles. The van der Waals surface area contributed by atoms with Crippen LogP contribution in [0.5, 0.6) is 0 Å². The Hall–Kier alpha value is -2.44. The highest BCUT2D eigenvalue weighted by molar-refractivity contribution is 5.91. The molecule has 7 nitrogen and oxygen atoms in total. The third-order valence-corrected chi connectivity index (χ3v) is 4.68. The lowest BCUT2D eigenvalue weighted by Crippen LogP contribution is -2.45. The van der Waals surface area contributed by atoms with Gasteiger partial charge in [0.15, 0.2) is 6.61 Å². The van der Waals surface area contributed by atoms with Crippen LogP contribution in [0, 0.1) is 22.0 Å². The van der Waals surface area contributed by atoms with Crippen LogP contribution in [0.1, 0.15) is 43.5 Å². The van der Waals surface area contributed by atoms with Crippen molar-refractivity contribution in [2.45, 2.75) is 39.2 Å². The van der Waals surface area contributed by atoms with Crippen LogP contribution in [0.3, 0.4) is 0 Å². The number of ether oxygens (including phenoxy) is 1. The van der Waals surface area contributed by atoms with Gasteiger partial charge in [-0.1, -0.05) is 32.8 Å². The normalized spacial score (nSPS) is 23.3. The molecule has 0 aliphatic heterocycles. The van der Waals surface area contributed by atoms with Gasteiger partial charge in [-0.05, 0) is 24.3 Å². The van der Waals surface area contributed by atoms with E-state index in [2.05, 4.69) is 19.2 Å². The minimum absolute atomic E-state index is 0.0525. The fraction of sp³-hybridized carbons (Fsp3) is 0.529. The van der Waals surface area contributed by atoms with E-state index < -0.39 is 10.9 Å². The third kappa shape index (κ3) is 4.53. The summed E-state index contributed by atoms with van der Waals surface area (Å²) in [6.45, 7) is 3.90. The second-order valence-corrected chi connectivity index (χ2v) is 6.32.